The Morgan fingerprint density at radius 1 is 1.53 bits per heavy atom. The van der Waals surface area contributed by atoms with E-state index in [1.807, 2.05) is 12.3 Å². The van der Waals surface area contributed by atoms with E-state index in [0.29, 0.717) is 5.92 Å². The molecule has 0 saturated heterocycles. The zero-order valence-electron chi connectivity index (χ0n) is 9.21. The summed E-state index contributed by atoms with van der Waals surface area (Å²) in [5.41, 5.74) is 6.22. The van der Waals surface area contributed by atoms with Crippen LogP contribution in [0.1, 0.15) is 35.3 Å². The van der Waals surface area contributed by atoms with Crippen LogP contribution in [0.25, 0.3) is 0 Å². The van der Waals surface area contributed by atoms with E-state index in [1.54, 1.807) is 6.20 Å². The Labute approximate surface area is 103 Å². The second kappa shape index (κ2) is 4.48. The molecule has 0 radical (unpaired) electrons. The summed E-state index contributed by atoms with van der Waals surface area (Å²) in [5, 5.41) is 0. The van der Waals surface area contributed by atoms with Crippen LogP contribution in [0.5, 0.6) is 0 Å². The average molecular weight is 247 g/mol. The zero-order valence-corrected chi connectivity index (χ0v) is 10.0. The maximum absolute atomic E-state index is 5.66. The lowest BCUT2D eigenvalue weighted by atomic mass is 9.95. The van der Waals surface area contributed by atoms with Gasteiger partial charge in [0, 0.05) is 17.8 Å². The quantitative estimate of drug-likeness (QED) is 0.629. The molecule has 2 aromatic heterocycles. The van der Waals surface area contributed by atoms with Gasteiger partial charge in [-0.3, -0.25) is 16.3 Å². The van der Waals surface area contributed by atoms with Crippen molar-refractivity contribution in [2.75, 3.05) is 0 Å². The summed E-state index contributed by atoms with van der Waals surface area (Å²) >= 11 is 1.21. The lowest BCUT2D eigenvalue weighted by molar-refractivity contribution is 0.440. The third-order valence-corrected chi connectivity index (χ3v) is 3.77. The summed E-state index contributed by atoms with van der Waals surface area (Å²) in [6.45, 7) is 0. The minimum absolute atomic E-state index is 0.00454. The Bertz CT molecular complexity index is 498. The normalized spacial score (nSPS) is 20.2. The molecule has 3 N–H and O–H groups in total. The van der Waals surface area contributed by atoms with Crippen LogP contribution >= 0.6 is 11.7 Å². The van der Waals surface area contributed by atoms with Crippen molar-refractivity contribution in [1.82, 2.24) is 19.2 Å². The van der Waals surface area contributed by atoms with Gasteiger partial charge in [-0.1, -0.05) is 6.07 Å². The summed E-state index contributed by atoms with van der Waals surface area (Å²) in [5.74, 6) is 5.95. The second-order valence-corrected chi connectivity index (χ2v) is 4.73. The maximum Gasteiger partial charge on any atom is 0.0932 e. The van der Waals surface area contributed by atoms with E-state index < -0.39 is 0 Å². The van der Waals surface area contributed by atoms with Crippen molar-refractivity contribution in [2.45, 2.75) is 24.8 Å². The molecule has 3 rings (SSSR count). The van der Waals surface area contributed by atoms with E-state index in [4.69, 9.17) is 5.84 Å². The first-order valence-electron chi connectivity index (χ1n) is 5.57. The fraction of sp³-hybridized carbons (Fsp3) is 0.364. The molecular formula is C11H13N5S. The Morgan fingerprint density at radius 2 is 2.47 bits per heavy atom. The van der Waals surface area contributed by atoms with E-state index in [2.05, 4.69) is 25.2 Å². The van der Waals surface area contributed by atoms with Crippen LogP contribution in [0.2, 0.25) is 0 Å². The van der Waals surface area contributed by atoms with Crippen LogP contribution in [-0.4, -0.2) is 13.7 Å². The zero-order chi connectivity index (χ0) is 11.7. The van der Waals surface area contributed by atoms with Gasteiger partial charge in [-0.25, -0.2) is 0 Å². The number of aromatic nitrogens is 3. The third kappa shape index (κ3) is 1.84. The number of nitrogens with two attached hydrogens (primary N) is 1. The predicted octanol–water partition coefficient (Wildman–Crippen LogP) is 1.17. The van der Waals surface area contributed by atoms with Crippen LogP contribution in [0.3, 0.4) is 0 Å². The number of hydrazine groups is 1. The van der Waals surface area contributed by atoms with Crippen LogP contribution in [0, 0.1) is 0 Å². The molecule has 2 heterocycles. The van der Waals surface area contributed by atoms with Crippen molar-refractivity contribution in [1.29, 1.82) is 0 Å². The summed E-state index contributed by atoms with van der Waals surface area (Å²) in [7, 11) is 0. The van der Waals surface area contributed by atoms with Gasteiger partial charge >= 0.3 is 0 Å². The van der Waals surface area contributed by atoms with Crippen LogP contribution in [-0.2, 0) is 6.42 Å². The minimum Gasteiger partial charge on any atom is -0.271 e. The van der Waals surface area contributed by atoms with Crippen molar-refractivity contribution in [3.63, 3.8) is 0 Å². The monoisotopic (exact) mass is 247 g/mol. The molecule has 17 heavy (non-hydrogen) atoms. The van der Waals surface area contributed by atoms with Gasteiger partial charge in [0.25, 0.3) is 0 Å². The van der Waals surface area contributed by atoms with E-state index >= 15 is 0 Å². The van der Waals surface area contributed by atoms with Crippen molar-refractivity contribution in [2.24, 2.45) is 5.84 Å². The highest BCUT2D eigenvalue weighted by atomic mass is 32.1. The van der Waals surface area contributed by atoms with Gasteiger partial charge in [0.15, 0.2) is 0 Å². The van der Waals surface area contributed by atoms with Crippen molar-refractivity contribution < 1.29 is 0 Å². The number of hydrogen-bond acceptors (Lipinski definition) is 6. The highest BCUT2D eigenvalue weighted by molar-refractivity contribution is 6.99. The van der Waals surface area contributed by atoms with Gasteiger partial charge in [0.2, 0.25) is 0 Å². The maximum atomic E-state index is 5.66. The van der Waals surface area contributed by atoms with Crippen LogP contribution < -0.4 is 11.3 Å². The summed E-state index contributed by atoms with van der Waals surface area (Å²) < 4.78 is 8.30. The largest absolute Gasteiger partial charge is 0.271 e. The minimum atomic E-state index is 0.00454. The molecule has 1 aliphatic carbocycles. The van der Waals surface area contributed by atoms with Crippen LogP contribution in [0.4, 0.5) is 0 Å². The number of nitrogens with one attached hydrogen (secondary N) is 1. The van der Waals surface area contributed by atoms with Crippen molar-refractivity contribution in [3.8, 4) is 0 Å². The molecule has 2 unspecified atom stereocenters. The topological polar surface area (TPSA) is 76.7 Å². The molecule has 0 aromatic carbocycles. The Kier molecular flexibility index (Phi) is 2.84. The fourth-order valence-electron chi connectivity index (χ4n) is 2.48. The fourth-order valence-corrected chi connectivity index (χ4v) is 2.94. The SMILES string of the molecule is NNC(c1cnsn1)C1CCc2cccnc21. The van der Waals surface area contributed by atoms with Gasteiger partial charge in [-0.2, -0.15) is 8.75 Å². The Hall–Kier alpha value is -1.37. The lowest BCUT2D eigenvalue weighted by Crippen LogP contribution is -2.32. The van der Waals surface area contributed by atoms with Gasteiger partial charge in [-0.15, -0.1) is 0 Å². The second-order valence-electron chi connectivity index (χ2n) is 4.17. The first-order chi connectivity index (χ1) is 8.40. The predicted molar refractivity (Wildman–Crippen MR) is 65.3 cm³/mol. The molecule has 0 bridgehead atoms. The van der Waals surface area contributed by atoms with Gasteiger partial charge in [0.1, 0.15) is 0 Å². The van der Waals surface area contributed by atoms with Gasteiger partial charge in [0.05, 0.1) is 29.7 Å². The highest BCUT2D eigenvalue weighted by Gasteiger charge is 2.32. The molecule has 0 aliphatic heterocycles. The number of nitrogens with zero attached hydrogens (tertiary/aromatic N) is 3. The molecule has 1 aliphatic rings. The lowest BCUT2D eigenvalue weighted by Gasteiger charge is -2.20. The number of fused-ring (bicyclic) bond motifs is 1. The number of pyridine rings is 1. The molecule has 0 amide bonds. The molecule has 0 spiro atoms. The molecular weight excluding hydrogens is 234 g/mol. The van der Waals surface area contributed by atoms with E-state index in [9.17, 15) is 0 Å². The van der Waals surface area contributed by atoms with Gasteiger partial charge in [-0.05, 0) is 24.5 Å². The molecule has 6 heteroatoms. The van der Waals surface area contributed by atoms with E-state index in [-0.39, 0.29) is 6.04 Å². The number of rotatable bonds is 3. The first kappa shape index (κ1) is 10.8. The molecule has 0 saturated carbocycles. The summed E-state index contributed by atoms with van der Waals surface area (Å²) in [4.78, 5) is 4.48. The smallest absolute Gasteiger partial charge is 0.0932 e. The number of hydrogen-bond donors (Lipinski definition) is 2. The van der Waals surface area contributed by atoms with E-state index in [1.165, 1.54) is 17.3 Å². The highest BCUT2D eigenvalue weighted by Crippen LogP contribution is 2.39. The number of aryl methyl sites for hydroxylation is 1. The van der Waals surface area contributed by atoms with Crippen molar-refractivity contribution in [3.05, 3.63) is 41.5 Å². The third-order valence-electron chi connectivity index (χ3n) is 3.28. The van der Waals surface area contributed by atoms with Crippen molar-refractivity contribution >= 4 is 11.7 Å². The molecule has 2 atom stereocenters. The van der Waals surface area contributed by atoms with E-state index in [0.717, 1.165) is 24.2 Å². The molecule has 88 valence electrons. The first-order valence-corrected chi connectivity index (χ1v) is 6.30. The summed E-state index contributed by atoms with van der Waals surface area (Å²) in [6.07, 6.45) is 5.72. The van der Waals surface area contributed by atoms with Crippen LogP contribution in [0.15, 0.2) is 24.5 Å². The Morgan fingerprint density at radius 3 is 3.24 bits per heavy atom. The summed E-state index contributed by atoms with van der Waals surface area (Å²) in [6, 6.07) is 4.12. The standard InChI is InChI=1S/C11H13N5S/c12-15-11(9-6-14-17-16-9)8-4-3-7-2-1-5-13-10(7)8/h1-2,5-6,8,11,15H,3-4,12H2. The molecule has 0 fully saturated rings. The van der Waals surface area contributed by atoms with Gasteiger partial charge < -0.3 is 0 Å². The average Bonchev–Trinajstić information content (AvgIpc) is 3.01. The molecule has 2 aromatic rings. The molecule has 5 nitrogen and oxygen atoms in total. The Balaban J connectivity index is 1.95.